The van der Waals surface area contributed by atoms with Gasteiger partial charge in [0.25, 0.3) is 0 Å². The van der Waals surface area contributed by atoms with E-state index in [4.69, 9.17) is 16.6 Å². The molecule has 0 fully saturated rings. The number of rotatable bonds is 3. The minimum atomic E-state index is 0.758. The number of hydrogen-bond donors (Lipinski definition) is 1. The first-order chi connectivity index (χ1) is 9.72. The van der Waals surface area contributed by atoms with Gasteiger partial charge < -0.3 is 4.98 Å². The molecule has 0 saturated heterocycles. The van der Waals surface area contributed by atoms with Crippen molar-refractivity contribution in [1.82, 2.24) is 9.97 Å². The Kier molecular flexibility index (Phi) is 3.57. The van der Waals surface area contributed by atoms with Crippen LogP contribution in [0.2, 0.25) is 5.02 Å². The summed E-state index contributed by atoms with van der Waals surface area (Å²) in [5, 5.41) is 0.758. The van der Waals surface area contributed by atoms with E-state index in [0.717, 1.165) is 39.8 Å². The van der Waals surface area contributed by atoms with Crippen LogP contribution in [0.15, 0.2) is 54.6 Å². The fourth-order valence-corrected chi connectivity index (χ4v) is 2.54. The quantitative estimate of drug-likeness (QED) is 0.745. The van der Waals surface area contributed by atoms with Crippen LogP contribution in [0.1, 0.15) is 17.1 Å². The maximum atomic E-state index is 6.01. The van der Waals surface area contributed by atoms with E-state index in [1.54, 1.807) is 0 Å². The average molecular weight is 283 g/mol. The van der Waals surface area contributed by atoms with E-state index in [2.05, 4.69) is 30.1 Å². The lowest BCUT2D eigenvalue weighted by atomic mass is 10.1. The molecular weight excluding hydrogens is 268 g/mol. The maximum Gasteiger partial charge on any atom is 0.111 e. The molecule has 2 aromatic carbocycles. The second-order valence-electron chi connectivity index (χ2n) is 4.83. The second-order valence-corrected chi connectivity index (χ2v) is 5.27. The van der Waals surface area contributed by atoms with E-state index in [1.807, 2.05) is 36.4 Å². The summed E-state index contributed by atoms with van der Waals surface area (Å²) in [4.78, 5) is 8.06. The highest BCUT2D eigenvalue weighted by Gasteiger charge is 2.09. The number of hydrogen-bond acceptors (Lipinski definition) is 1. The Balaban J connectivity index is 1.90. The van der Waals surface area contributed by atoms with Crippen LogP contribution < -0.4 is 0 Å². The summed E-state index contributed by atoms with van der Waals surface area (Å²) in [6.45, 7) is 2.05. The van der Waals surface area contributed by atoms with Crippen molar-refractivity contribution < 1.29 is 0 Å². The Bertz CT molecular complexity index is 717. The van der Waals surface area contributed by atoms with Crippen molar-refractivity contribution in [3.8, 4) is 11.3 Å². The molecule has 100 valence electrons. The summed E-state index contributed by atoms with van der Waals surface area (Å²) in [5.41, 5.74) is 4.40. The van der Waals surface area contributed by atoms with Crippen molar-refractivity contribution in [3.63, 3.8) is 0 Å². The Morgan fingerprint density at radius 2 is 1.85 bits per heavy atom. The molecule has 3 rings (SSSR count). The number of aromatic amines is 1. The minimum Gasteiger partial charge on any atom is -0.345 e. The standard InChI is InChI=1S/C17H15ClN2/c1-12-17(14-7-3-2-4-8-14)20-16(19-12)11-13-6-5-9-15(18)10-13/h2-10H,11H2,1H3,(H,19,20). The predicted molar refractivity (Wildman–Crippen MR) is 83.0 cm³/mol. The highest BCUT2D eigenvalue weighted by Crippen LogP contribution is 2.22. The van der Waals surface area contributed by atoms with Gasteiger partial charge in [0.15, 0.2) is 0 Å². The van der Waals surface area contributed by atoms with Crippen molar-refractivity contribution in [2.45, 2.75) is 13.3 Å². The largest absolute Gasteiger partial charge is 0.345 e. The summed E-state index contributed by atoms with van der Waals surface area (Å²) in [6.07, 6.45) is 0.758. The van der Waals surface area contributed by atoms with Crippen molar-refractivity contribution >= 4 is 11.6 Å². The number of halogens is 1. The molecule has 3 aromatic rings. The van der Waals surface area contributed by atoms with Crippen molar-refractivity contribution in [1.29, 1.82) is 0 Å². The highest BCUT2D eigenvalue weighted by atomic mass is 35.5. The summed E-state index contributed by atoms with van der Waals surface area (Å²) in [5.74, 6) is 0.962. The zero-order valence-electron chi connectivity index (χ0n) is 11.2. The topological polar surface area (TPSA) is 28.7 Å². The van der Waals surface area contributed by atoms with E-state index in [1.165, 1.54) is 0 Å². The Labute approximate surface area is 123 Å². The first-order valence-electron chi connectivity index (χ1n) is 6.58. The van der Waals surface area contributed by atoms with Crippen LogP contribution in [0.4, 0.5) is 0 Å². The smallest absolute Gasteiger partial charge is 0.111 e. The normalized spacial score (nSPS) is 10.7. The number of imidazole rings is 1. The Morgan fingerprint density at radius 1 is 1.05 bits per heavy atom. The van der Waals surface area contributed by atoms with E-state index < -0.39 is 0 Å². The molecule has 0 bridgehead atoms. The van der Waals surface area contributed by atoms with Gasteiger partial charge in [0.05, 0.1) is 5.69 Å². The van der Waals surface area contributed by atoms with Gasteiger partial charge in [-0.15, -0.1) is 0 Å². The summed E-state index contributed by atoms with van der Waals surface area (Å²) >= 11 is 6.01. The fourth-order valence-electron chi connectivity index (χ4n) is 2.32. The van der Waals surface area contributed by atoms with E-state index in [9.17, 15) is 0 Å². The average Bonchev–Trinajstić information content (AvgIpc) is 2.80. The SMILES string of the molecule is Cc1[nH]c(Cc2cccc(Cl)c2)nc1-c1ccccc1. The maximum absolute atomic E-state index is 6.01. The molecule has 0 atom stereocenters. The number of nitrogens with one attached hydrogen (secondary N) is 1. The number of H-pyrrole nitrogens is 1. The molecule has 2 nitrogen and oxygen atoms in total. The first kappa shape index (κ1) is 12.9. The number of nitrogens with zero attached hydrogens (tertiary/aromatic N) is 1. The van der Waals surface area contributed by atoms with Crippen LogP contribution in [0, 0.1) is 6.92 Å². The van der Waals surface area contributed by atoms with Gasteiger partial charge >= 0.3 is 0 Å². The minimum absolute atomic E-state index is 0.758. The van der Waals surface area contributed by atoms with Gasteiger partial charge in [-0.25, -0.2) is 4.98 Å². The van der Waals surface area contributed by atoms with Crippen LogP contribution in [0.25, 0.3) is 11.3 Å². The molecule has 1 heterocycles. The summed E-state index contributed by atoms with van der Waals surface area (Å²) < 4.78 is 0. The molecule has 0 aliphatic heterocycles. The van der Waals surface area contributed by atoms with Crippen molar-refractivity contribution in [3.05, 3.63) is 76.7 Å². The lowest BCUT2D eigenvalue weighted by molar-refractivity contribution is 1.02. The molecule has 20 heavy (non-hydrogen) atoms. The molecule has 0 spiro atoms. The summed E-state index contributed by atoms with van der Waals surface area (Å²) in [7, 11) is 0. The number of aryl methyl sites for hydroxylation is 1. The van der Waals surface area contributed by atoms with Crippen LogP contribution in [-0.4, -0.2) is 9.97 Å². The van der Waals surface area contributed by atoms with Crippen molar-refractivity contribution in [2.75, 3.05) is 0 Å². The molecule has 3 heteroatoms. The molecule has 1 aromatic heterocycles. The lowest BCUT2D eigenvalue weighted by Gasteiger charge is -1.99. The van der Waals surface area contributed by atoms with Gasteiger partial charge in [0, 0.05) is 22.7 Å². The third-order valence-corrected chi connectivity index (χ3v) is 3.48. The van der Waals surface area contributed by atoms with E-state index >= 15 is 0 Å². The van der Waals surface area contributed by atoms with Crippen molar-refractivity contribution in [2.24, 2.45) is 0 Å². The molecule has 0 saturated carbocycles. The zero-order valence-corrected chi connectivity index (χ0v) is 12.0. The van der Waals surface area contributed by atoms with Gasteiger partial charge in [-0.1, -0.05) is 54.1 Å². The van der Waals surface area contributed by atoms with Crippen LogP contribution >= 0.6 is 11.6 Å². The van der Waals surface area contributed by atoms with Gasteiger partial charge in [-0.3, -0.25) is 0 Å². The van der Waals surface area contributed by atoms with Gasteiger partial charge in [0.1, 0.15) is 5.82 Å². The number of benzene rings is 2. The molecule has 0 radical (unpaired) electrons. The highest BCUT2D eigenvalue weighted by molar-refractivity contribution is 6.30. The Hall–Kier alpha value is -2.06. The molecule has 1 N–H and O–H groups in total. The van der Waals surface area contributed by atoms with E-state index in [-0.39, 0.29) is 0 Å². The van der Waals surface area contributed by atoms with Crippen LogP contribution in [0.3, 0.4) is 0 Å². The molecular formula is C17H15ClN2. The monoisotopic (exact) mass is 282 g/mol. The zero-order chi connectivity index (χ0) is 13.9. The van der Waals surface area contributed by atoms with Gasteiger partial charge in [-0.2, -0.15) is 0 Å². The summed E-state index contributed by atoms with van der Waals surface area (Å²) in [6, 6.07) is 18.1. The van der Waals surface area contributed by atoms with Gasteiger partial charge in [0.2, 0.25) is 0 Å². The van der Waals surface area contributed by atoms with Gasteiger partial charge in [-0.05, 0) is 24.6 Å². The molecule has 0 amide bonds. The van der Waals surface area contributed by atoms with E-state index in [0.29, 0.717) is 0 Å². The van der Waals surface area contributed by atoms with Crippen LogP contribution in [-0.2, 0) is 6.42 Å². The number of aromatic nitrogens is 2. The molecule has 0 aliphatic rings. The molecule has 0 unspecified atom stereocenters. The van der Waals surface area contributed by atoms with Crippen LogP contribution in [0.5, 0.6) is 0 Å². The predicted octanol–water partition coefficient (Wildman–Crippen LogP) is 4.63. The lowest BCUT2D eigenvalue weighted by Crippen LogP contribution is -1.90. The second kappa shape index (κ2) is 5.51. The fraction of sp³-hybridized carbons (Fsp3) is 0.118. The first-order valence-corrected chi connectivity index (χ1v) is 6.95. The third kappa shape index (κ3) is 2.75. The Morgan fingerprint density at radius 3 is 2.60 bits per heavy atom. The molecule has 0 aliphatic carbocycles. The third-order valence-electron chi connectivity index (χ3n) is 3.24.